The quantitative estimate of drug-likeness (QED) is 0.660. The summed E-state index contributed by atoms with van der Waals surface area (Å²) in [4.78, 5) is 8.85. The van der Waals surface area contributed by atoms with Crippen LogP contribution in [-0.2, 0) is 6.54 Å². The van der Waals surface area contributed by atoms with E-state index in [1.165, 1.54) is 12.0 Å². The number of aryl methyl sites for hydroxylation is 1. The highest BCUT2D eigenvalue weighted by molar-refractivity contribution is 5.80. The first kappa shape index (κ1) is 13.0. The Bertz CT molecular complexity index is 643. The minimum atomic E-state index is 0.574. The summed E-state index contributed by atoms with van der Waals surface area (Å²) in [6.45, 7) is 5.01. The van der Waals surface area contributed by atoms with Gasteiger partial charge in [0.05, 0.1) is 12.2 Å². The molecule has 1 aliphatic carbocycles. The predicted molar refractivity (Wildman–Crippen MR) is 80.8 cm³/mol. The fraction of sp³-hybridized carbons (Fsp3) is 0.467. The van der Waals surface area contributed by atoms with Crippen molar-refractivity contribution in [3.8, 4) is 0 Å². The Labute approximate surface area is 119 Å². The molecule has 0 bridgehead atoms. The molecule has 0 saturated heterocycles. The highest BCUT2D eigenvalue weighted by Crippen LogP contribution is 2.28. The Morgan fingerprint density at radius 2 is 2.35 bits per heavy atom. The Hall–Kier alpha value is -2.04. The number of imidazole rings is 1. The number of hydrogen-bond acceptors (Lipinski definition) is 2. The van der Waals surface area contributed by atoms with E-state index < -0.39 is 0 Å². The zero-order valence-electron chi connectivity index (χ0n) is 12.2. The fourth-order valence-electron chi connectivity index (χ4n) is 2.29. The first-order valence-electron chi connectivity index (χ1n) is 7.07. The van der Waals surface area contributed by atoms with Crippen molar-refractivity contribution in [2.45, 2.75) is 32.9 Å². The zero-order chi connectivity index (χ0) is 14.1. The van der Waals surface area contributed by atoms with Crippen molar-refractivity contribution in [1.82, 2.24) is 20.0 Å². The van der Waals surface area contributed by atoms with E-state index in [2.05, 4.69) is 52.8 Å². The molecule has 2 unspecified atom stereocenters. The molecule has 0 aliphatic heterocycles. The first-order valence-corrected chi connectivity index (χ1v) is 7.07. The van der Waals surface area contributed by atoms with Crippen LogP contribution in [0.5, 0.6) is 0 Å². The Kier molecular flexibility index (Phi) is 3.34. The SMILES string of the molecule is CN=C(NCc1cn2ccc(C)cc2n1)NC1CC1C. The number of guanidine groups is 1. The van der Waals surface area contributed by atoms with Gasteiger partial charge in [-0.25, -0.2) is 4.98 Å². The van der Waals surface area contributed by atoms with Crippen molar-refractivity contribution in [3.63, 3.8) is 0 Å². The number of nitrogens with zero attached hydrogens (tertiary/aromatic N) is 3. The molecule has 1 saturated carbocycles. The van der Waals surface area contributed by atoms with Crippen LogP contribution in [0, 0.1) is 12.8 Å². The van der Waals surface area contributed by atoms with Gasteiger partial charge in [0.15, 0.2) is 5.96 Å². The van der Waals surface area contributed by atoms with Gasteiger partial charge < -0.3 is 15.0 Å². The molecule has 2 aromatic heterocycles. The minimum Gasteiger partial charge on any atom is -0.353 e. The third-order valence-corrected chi connectivity index (χ3v) is 3.76. The lowest BCUT2D eigenvalue weighted by Crippen LogP contribution is -2.38. The molecule has 1 aliphatic rings. The van der Waals surface area contributed by atoms with Crippen LogP contribution in [0.15, 0.2) is 29.5 Å². The van der Waals surface area contributed by atoms with E-state index in [1.807, 2.05) is 10.6 Å². The van der Waals surface area contributed by atoms with E-state index in [1.54, 1.807) is 7.05 Å². The summed E-state index contributed by atoms with van der Waals surface area (Å²) in [5.41, 5.74) is 3.23. The normalized spacial score (nSPS) is 22.1. The van der Waals surface area contributed by atoms with Crippen molar-refractivity contribution in [1.29, 1.82) is 0 Å². The smallest absolute Gasteiger partial charge is 0.191 e. The fourth-order valence-corrected chi connectivity index (χ4v) is 2.29. The van der Waals surface area contributed by atoms with E-state index in [4.69, 9.17) is 0 Å². The predicted octanol–water partition coefficient (Wildman–Crippen LogP) is 1.72. The van der Waals surface area contributed by atoms with Crippen LogP contribution in [0.4, 0.5) is 0 Å². The molecule has 1 fully saturated rings. The van der Waals surface area contributed by atoms with Crippen molar-refractivity contribution >= 4 is 11.6 Å². The molecule has 0 spiro atoms. The van der Waals surface area contributed by atoms with Crippen LogP contribution >= 0.6 is 0 Å². The van der Waals surface area contributed by atoms with E-state index in [-0.39, 0.29) is 0 Å². The van der Waals surface area contributed by atoms with Gasteiger partial charge in [0.25, 0.3) is 0 Å². The van der Waals surface area contributed by atoms with Crippen LogP contribution in [0.3, 0.4) is 0 Å². The second-order valence-corrected chi connectivity index (χ2v) is 5.59. The van der Waals surface area contributed by atoms with Gasteiger partial charge in [-0.2, -0.15) is 0 Å². The summed E-state index contributed by atoms with van der Waals surface area (Å²) in [5, 5.41) is 6.72. The maximum Gasteiger partial charge on any atom is 0.191 e. The maximum atomic E-state index is 4.61. The monoisotopic (exact) mass is 271 g/mol. The Balaban J connectivity index is 1.63. The van der Waals surface area contributed by atoms with Crippen LogP contribution in [0.2, 0.25) is 0 Å². The average Bonchev–Trinajstić information content (AvgIpc) is 2.97. The molecule has 0 amide bonds. The van der Waals surface area contributed by atoms with Gasteiger partial charge in [0, 0.05) is 25.5 Å². The van der Waals surface area contributed by atoms with Gasteiger partial charge >= 0.3 is 0 Å². The van der Waals surface area contributed by atoms with Crippen molar-refractivity contribution in [2.75, 3.05) is 7.05 Å². The minimum absolute atomic E-state index is 0.574. The van der Waals surface area contributed by atoms with Crippen LogP contribution in [-0.4, -0.2) is 28.4 Å². The topological polar surface area (TPSA) is 53.7 Å². The van der Waals surface area contributed by atoms with Gasteiger partial charge in [0.2, 0.25) is 0 Å². The lowest BCUT2D eigenvalue weighted by atomic mass is 10.3. The number of rotatable bonds is 3. The molecular formula is C15H21N5. The molecule has 5 heteroatoms. The summed E-state index contributed by atoms with van der Waals surface area (Å²) in [6.07, 6.45) is 5.32. The zero-order valence-corrected chi connectivity index (χ0v) is 12.2. The van der Waals surface area contributed by atoms with Gasteiger partial charge in [-0.3, -0.25) is 4.99 Å². The first-order chi connectivity index (χ1) is 9.65. The number of aromatic nitrogens is 2. The second-order valence-electron chi connectivity index (χ2n) is 5.59. The molecule has 0 radical (unpaired) electrons. The standard InChI is InChI=1S/C15H21N5/c1-10-4-5-20-9-12(18-14(20)6-10)8-17-15(16-3)19-13-7-11(13)2/h4-6,9,11,13H,7-8H2,1-3H3,(H2,16,17,19). The molecule has 2 aromatic rings. The van der Waals surface area contributed by atoms with Gasteiger partial charge in [-0.1, -0.05) is 6.92 Å². The molecule has 106 valence electrons. The maximum absolute atomic E-state index is 4.61. The molecule has 20 heavy (non-hydrogen) atoms. The molecule has 3 rings (SSSR count). The Morgan fingerprint density at radius 3 is 3.05 bits per heavy atom. The third kappa shape index (κ3) is 2.76. The average molecular weight is 271 g/mol. The Morgan fingerprint density at radius 1 is 1.55 bits per heavy atom. The van der Waals surface area contributed by atoms with E-state index in [9.17, 15) is 0 Å². The van der Waals surface area contributed by atoms with E-state index in [0.29, 0.717) is 12.6 Å². The summed E-state index contributed by atoms with van der Waals surface area (Å²) >= 11 is 0. The highest BCUT2D eigenvalue weighted by atomic mass is 15.2. The second kappa shape index (κ2) is 5.15. The molecule has 5 nitrogen and oxygen atoms in total. The van der Waals surface area contributed by atoms with Crippen molar-refractivity contribution < 1.29 is 0 Å². The van der Waals surface area contributed by atoms with E-state index in [0.717, 1.165) is 23.2 Å². The number of aliphatic imine (C=N–C) groups is 1. The molecular weight excluding hydrogens is 250 g/mol. The summed E-state index contributed by atoms with van der Waals surface area (Å²) in [6, 6.07) is 4.74. The van der Waals surface area contributed by atoms with Gasteiger partial charge in [-0.15, -0.1) is 0 Å². The lowest BCUT2D eigenvalue weighted by Gasteiger charge is -2.09. The van der Waals surface area contributed by atoms with Gasteiger partial charge in [-0.05, 0) is 37.0 Å². The van der Waals surface area contributed by atoms with Crippen molar-refractivity contribution in [2.24, 2.45) is 10.9 Å². The van der Waals surface area contributed by atoms with Crippen molar-refractivity contribution in [3.05, 3.63) is 35.8 Å². The largest absolute Gasteiger partial charge is 0.353 e. The number of hydrogen-bond donors (Lipinski definition) is 2. The molecule has 2 heterocycles. The van der Waals surface area contributed by atoms with Crippen LogP contribution < -0.4 is 10.6 Å². The molecule has 0 aromatic carbocycles. The highest BCUT2D eigenvalue weighted by Gasteiger charge is 2.33. The number of pyridine rings is 1. The lowest BCUT2D eigenvalue weighted by molar-refractivity contribution is 0.758. The van der Waals surface area contributed by atoms with Crippen LogP contribution in [0.1, 0.15) is 24.6 Å². The summed E-state index contributed by atoms with van der Waals surface area (Å²) in [5.74, 6) is 1.61. The summed E-state index contributed by atoms with van der Waals surface area (Å²) < 4.78 is 2.04. The molecule has 2 N–H and O–H groups in total. The van der Waals surface area contributed by atoms with Crippen LogP contribution in [0.25, 0.3) is 5.65 Å². The number of nitrogens with one attached hydrogen (secondary N) is 2. The van der Waals surface area contributed by atoms with Gasteiger partial charge in [0.1, 0.15) is 5.65 Å². The number of fused-ring (bicyclic) bond motifs is 1. The third-order valence-electron chi connectivity index (χ3n) is 3.76. The van der Waals surface area contributed by atoms with E-state index >= 15 is 0 Å². The summed E-state index contributed by atoms with van der Waals surface area (Å²) in [7, 11) is 1.80. The molecule has 2 atom stereocenters.